The van der Waals surface area contributed by atoms with Crippen LogP contribution in [-0.2, 0) is 4.79 Å². The predicted molar refractivity (Wildman–Crippen MR) is 66.5 cm³/mol. The largest absolute Gasteiger partial charge is 0.506 e. The number of anilines is 1. The van der Waals surface area contributed by atoms with Crippen LogP contribution in [0.4, 0.5) is 11.4 Å². The zero-order valence-electron chi connectivity index (χ0n) is 9.55. The number of nitrogens with one attached hydrogen (secondary N) is 2. The summed E-state index contributed by atoms with van der Waals surface area (Å²) < 4.78 is 0. The molecule has 7 heteroatoms. The first-order chi connectivity index (χ1) is 8.54. The van der Waals surface area contributed by atoms with E-state index in [0.29, 0.717) is 6.54 Å². The van der Waals surface area contributed by atoms with Gasteiger partial charge in [0.15, 0.2) is 0 Å². The van der Waals surface area contributed by atoms with Gasteiger partial charge in [-0.3, -0.25) is 14.9 Å². The Bertz CT molecular complexity index is 473. The Morgan fingerprint density at radius 1 is 1.56 bits per heavy atom. The molecule has 1 amide bonds. The highest BCUT2D eigenvalue weighted by Gasteiger charge is 2.12. The van der Waals surface area contributed by atoms with E-state index in [4.69, 9.17) is 0 Å². The van der Waals surface area contributed by atoms with Crippen LogP contribution in [0.5, 0.6) is 5.75 Å². The highest BCUT2D eigenvalue weighted by molar-refractivity contribution is 5.94. The number of phenolic OH excluding ortho intramolecular Hbond substituents is 1. The average molecular weight is 251 g/mol. The molecule has 0 bridgehead atoms. The molecule has 0 radical (unpaired) electrons. The van der Waals surface area contributed by atoms with Gasteiger partial charge in [0.2, 0.25) is 5.91 Å². The summed E-state index contributed by atoms with van der Waals surface area (Å²) in [6.45, 7) is 3.97. The van der Waals surface area contributed by atoms with E-state index in [-0.39, 0.29) is 23.7 Å². The number of benzene rings is 1. The smallest absolute Gasteiger partial charge is 0.271 e. The Balaban J connectivity index is 2.71. The fourth-order valence-corrected chi connectivity index (χ4v) is 1.22. The second kappa shape index (κ2) is 6.36. The van der Waals surface area contributed by atoms with Crippen LogP contribution in [0.25, 0.3) is 0 Å². The molecule has 0 unspecified atom stereocenters. The van der Waals surface area contributed by atoms with Gasteiger partial charge in [0.1, 0.15) is 5.75 Å². The third-order valence-electron chi connectivity index (χ3n) is 2.04. The van der Waals surface area contributed by atoms with Gasteiger partial charge in [0, 0.05) is 18.7 Å². The number of nitro groups is 1. The molecule has 0 aromatic heterocycles. The first-order valence-corrected chi connectivity index (χ1v) is 5.13. The zero-order valence-corrected chi connectivity index (χ0v) is 9.55. The molecule has 0 aliphatic rings. The number of nitrogens with zero attached hydrogens (tertiary/aromatic N) is 1. The summed E-state index contributed by atoms with van der Waals surface area (Å²) in [6.07, 6.45) is 1.60. The van der Waals surface area contributed by atoms with Crippen molar-refractivity contribution in [3.63, 3.8) is 0 Å². The lowest BCUT2D eigenvalue weighted by Gasteiger charge is -2.07. The van der Waals surface area contributed by atoms with Crippen LogP contribution < -0.4 is 10.6 Å². The number of hydrogen-bond acceptors (Lipinski definition) is 5. The highest BCUT2D eigenvalue weighted by atomic mass is 16.6. The Morgan fingerprint density at radius 3 is 2.89 bits per heavy atom. The second-order valence-corrected chi connectivity index (χ2v) is 3.43. The van der Waals surface area contributed by atoms with Crippen molar-refractivity contribution < 1.29 is 14.8 Å². The fraction of sp³-hybridized carbons (Fsp3) is 0.182. The van der Waals surface area contributed by atoms with Crippen LogP contribution in [0.2, 0.25) is 0 Å². The third-order valence-corrected chi connectivity index (χ3v) is 2.04. The molecule has 0 heterocycles. The van der Waals surface area contributed by atoms with Crippen LogP contribution in [0, 0.1) is 10.1 Å². The Morgan fingerprint density at radius 2 is 2.28 bits per heavy atom. The topological polar surface area (TPSA) is 104 Å². The molecular formula is C11H13N3O4. The Hall–Kier alpha value is -2.41. The molecule has 7 nitrogen and oxygen atoms in total. The molecule has 0 spiro atoms. The monoisotopic (exact) mass is 251 g/mol. The van der Waals surface area contributed by atoms with Crippen LogP contribution in [-0.4, -0.2) is 29.0 Å². The lowest BCUT2D eigenvalue weighted by atomic mass is 10.2. The number of carbonyl (C=O) groups excluding carboxylic acids is 1. The number of phenols is 1. The lowest BCUT2D eigenvalue weighted by Crippen LogP contribution is -2.28. The predicted octanol–water partition coefficient (Wildman–Crippen LogP) is 1.01. The van der Waals surface area contributed by atoms with Gasteiger partial charge < -0.3 is 15.7 Å². The number of aromatic hydroxyl groups is 1. The Kier molecular flexibility index (Phi) is 4.82. The summed E-state index contributed by atoms with van der Waals surface area (Å²) in [4.78, 5) is 21.4. The van der Waals surface area contributed by atoms with E-state index < -0.39 is 10.8 Å². The zero-order chi connectivity index (χ0) is 13.5. The molecular weight excluding hydrogens is 238 g/mol. The normalized spacial score (nSPS) is 9.78. The minimum Gasteiger partial charge on any atom is -0.506 e. The maximum atomic E-state index is 11.4. The minimum atomic E-state index is -0.606. The molecule has 0 atom stereocenters. The van der Waals surface area contributed by atoms with Gasteiger partial charge in [0.25, 0.3) is 5.69 Å². The molecule has 0 saturated heterocycles. The van der Waals surface area contributed by atoms with Gasteiger partial charge in [-0.05, 0) is 6.07 Å². The quantitative estimate of drug-likeness (QED) is 0.230. The standard InChI is InChI=1S/C11H13N3O4/c1-2-5-12-7-11(16)13-9-6-8(14(17)18)3-4-10(9)15/h2-4,6,12,15H,1,5,7H2,(H,13,16). The van der Waals surface area contributed by atoms with Crippen LogP contribution >= 0.6 is 0 Å². The maximum absolute atomic E-state index is 11.4. The number of amides is 1. The van der Waals surface area contributed by atoms with Crippen molar-refractivity contribution in [2.24, 2.45) is 0 Å². The molecule has 18 heavy (non-hydrogen) atoms. The second-order valence-electron chi connectivity index (χ2n) is 3.43. The summed E-state index contributed by atoms with van der Waals surface area (Å²) in [5, 5.41) is 25.2. The molecule has 0 aliphatic heterocycles. The van der Waals surface area contributed by atoms with Crippen LogP contribution in [0.15, 0.2) is 30.9 Å². The van der Waals surface area contributed by atoms with E-state index in [1.54, 1.807) is 6.08 Å². The lowest BCUT2D eigenvalue weighted by molar-refractivity contribution is -0.384. The van der Waals surface area contributed by atoms with Gasteiger partial charge in [0.05, 0.1) is 17.2 Å². The van der Waals surface area contributed by atoms with Gasteiger partial charge in [-0.1, -0.05) is 6.08 Å². The van der Waals surface area contributed by atoms with Crippen molar-refractivity contribution in [2.75, 3.05) is 18.4 Å². The molecule has 0 saturated carbocycles. The molecule has 96 valence electrons. The first kappa shape index (κ1) is 13.7. The minimum absolute atomic E-state index is 0.00889. The van der Waals surface area contributed by atoms with Gasteiger partial charge in [-0.2, -0.15) is 0 Å². The van der Waals surface area contributed by atoms with Crippen molar-refractivity contribution in [2.45, 2.75) is 0 Å². The number of carbonyl (C=O) groups is 1. The van der Waals surface area contributed by atoms with E-state index in [0.717, 1.165) is 18.2 Å². The van der Waals surface area contributed by atoms with Crippen molar-refractivity contribution in [3.8, 4) is 5.75 Å². The Labute approximate surface area is 103 Å². The number of rotatable bonds is 6. The summed E-state index contributed by atoms with van der Waals surface area (Å²) in [5.74, 6) is -0.634. The first-order valence-electron chi connectivity index (χ1n) is 5.13. The van der Waals surface area contributed by atoms with Gasteiger partial charge in [-0.15, -0.1) is 6.58 Å². The summed E-state index contributed by atoms with van der Waals surface area (Å²) >= 11 is 0. The van der Waals surface area contributed by atoms with Crippen molar-refractivity contribution in [1.29, 1.82) is 0 Å². The molecule has 0 aliphatic carbocycles. The summed E-state index contributed by atoms with van der Waals surface area (Å²) in [6, 6.07) is 3.41. The fourth-order valence-electron chi connectivity index (χ4n) is 1.22. The average Bonchev–Trinajstić information content (AvgIpc) is 2.32. The van der Waals surface area contributed by atoms with Crippen molar-refractivity contribution in [1.82, 2.24) is 5.32 Å². The maximum Gasteiger partial charge on any atom is 0.271 e. The van der Waals surface area contributed by atoms with E-state index in [9.17, 15) is 20.0 Å². The van der Waals surface area contributed by atoms with E-state index in [1.807, 2.05) is 0 Å². The van der Waals surface area contributed by atoms with Crippen molar-refractivity contribution >= 4 is 17.3 Å². The summed E-state index contributed by atoms with van der Waals surface area (Å²) in [5.41, 5.74) is -0.197. The molecule has 1 aromatic rings. The van der Waals surface area contributed by atoms with E-state index >= 15 is 0 Å². The van der Waals surface area contributed by atoms with Crippen LogP contribution in [0.3, 0.4) is 0 Å². The molecule has 3 N–H and O–H groups in total. The SMILES string of the molecule is C=CCNCC(=O)Nc1cc([N+](=O)[O-])ccc1O. The van der Waals surface area contributed by atoms with Crippen molar-refractivity contribution in [3.05, 3.63) is 41.0 Å². The van der Waals surface area contributed by atoms with Gasteiger partial charge >= 0.3 is 0 Å². The number of nitro benzene ring substituents is 1. The molecule has 0 fully saturated rings. The molecule has 1 aromatic carbocycles. The highest BCUT2D eigenvalue weighted by Crippen LogP contribution is 2.27. The van der Waals surface area contributed by atoms with Gasteiger partial charge in [-0.25, -0.2) is 0 Å². The van der Waals surface area contributed by atoms with E-state index in [2.05, 4.69) is 17.2 Å². The van der Waals surface area contributed by atoms with Crippen LogP contribution in [0.1, 0.15) is 0 Å². The summed E-state index contributed by atoms with van der Waals surface area (Å²) in [7, 11) is 0. The van der Waals surface area contributed by atoms with E-state index in [1.165, 1.54) is 0 Å². The number of hydrogen-bond donors (Lipinski definition) is 3. The third kappa shape index (κ3) is 3.87. The number of non-ortho nitro benzene ring substituents is 1. The molecule has 1 rings (SSSR count).